The van der Waals surface area contributed by atoms with Crippen molar-refractivity contribution in [2.75, 3.05) is 6.54 Å². The number of aldehydes is 1. The van der Waals surface area contributed by atoms with Crippen molar-refractivity contribution in [2.45, 2.75) is 68.8 Å². The van der Waals surface area contributed by atoms with Gasteiger partial charge in [-0.05, 0) is 24.3 Å². The summed E-state index contributed by atoms with van der Waals surface area (Å²) in [5, 5.41) is 15.2. The van der Waals surface area contributed by atoms with Gasteiger partial charge in [0.05, 0.1) is 6.04 Å². The van der Waals surface area contributed by atoms with Gasteiger partial charge in [-0.1, -0.05) is 62.6 Å². The topological polar surface area (TPSA) is 52.3 Å². The number of hydrogen-bond donors (Lipinski definition) is 2. The third-order valence-corrected chi connectivity index (χ3v) is 7.66. The molecule has 3 heterocycles. The second-order valence-corrected chi connectivity index (χ2v) is 9.01. The third-order valence-electron chi connectivity index (χ3n) is 7.66. The highest BCUT2D eigenvalue weighted by Crippen LogP contribution is 2.63. The molecule has 7 atom stereocenters. The number of benzene rings is 1. The molecule has 0 aromatic heterocycles. The standard InChI is InChI=1S/C23H30N2O2/c1-15(17-9-7-16(14-26)8-10-17)22-19-11-12-21-23(27,25(21)22)20(19)13-24-18-5-3-2-4-6-18/h7-12,14-15,18-22,24,27H,2-6,13H2,1H3/t15-,19+,20+,21-,22-,23+,25?/m1/s1. The predicted molar refractivity (Wildman–Crippen MR) is 106 cm³/mol. The fraction of sp³-hybridized carbons (Fsp3) is 0.609. The molecule has 27 heavy (non-hydrogen) atoms. The second kappa shape index (κ2) is 6.54. The van der Waals surface area contributed by atoms with Crippen molar-refractivity contribution in [2.24, 2.45) is 11.8 Å². The van der Waals surface area contributed by atoms with Crippen molar-refractivity contribution in [3.63, 3.8) is 0 Å². The van der Waals surface area contributed by atoms with Gasteiger partial charge in [0.25, 0.3) is 0 Å². The quantitative estimate of drug-likeness (QED) is 0.462. The van der Waals surface area contributed by atoms with E-state index in [1.165, 1.54) is 37.7 Å². The number of piperidine rings is 1. The Balaban J connectivity index is 1.33. The van der Waals surface area contributed by atoms with E-state index in [-0.39, 0.29) is 12.0 Å². The summed E-state index contributed by atoms with van der Waals surface area (Å²) in [6, 6.07) is 9.10. The maximum atomic E-state index is 11.4. The zero-order chi connectivity index (χ0) is 18.6. The van der Waals surface area contributed by atoms with E-state index in [1.807, 2.05) is 12.1 Å². The molecule has 2 saturated heterocycles. The van der Waals surface area contributed by atoms with E-state index >= 15 is 0 Å². The minimum atomic E-state index is -0.650. The van der Waals surface area contributed by atoms with Gasteiger partial charge >= 0.3 is 0 Å². The molecule has 144 valence electrons. The lowest BCUT2D eigenvalue weighted by molar-refractivity contribution is 0.0504. The van der Waals surface area contributed by atoms with E-state index in [9.17, 15) is 9.90 Å². The van der Waals surface area contributed by atoms with Crippen molar-refractivity contribution in [3.8, 4) is 0 Å². The fourth-order valence-corrected chi connectivity index (χ4v) is 6.13. The summed E-state index contributed by atoms with van der Waals surface area (Å²) in [7, 11) is 0. The third kappa shape index (κ3) is 2.65. The molecular weight excluding hydrogens is 336 g/mol. The molecule has 2 aliphatic carbocycles. The molecule has 6 rings (SSSR count). The first kappa shape index (κ1) is 17.6. The van der Waals surface area contributed by atoms with Gasteiger partial charge in [-0.3, -0.25) is 9.69 Å². The summed E-state index contributed by atoms with van der Waals surface area (Å²) in [6.45, 7) is 3.18. The van der Waals surface area contributed by atoms with Crippen LogP contribution in [0.3, 0.4) is 0 Å². The Bertz CT molecular complexity index is 739. The zero-order valence-corrected chi connectivity index (χ0v) is 16.1. The van der Waals surface area contributed by atoms with Gasteiger partial charge < -0.3 is 10.4 Å². The molecule has 0 spiro atoms. The van der Waals surface area contributed by atoms with Crippen LogP contribution in [-0.2, 0) is 0 Å². The number of hydrogen-bond acceptors (Lipinski definition) is 4. The van der Waals surface area contributed by atoms with E-state index in [0.29, 0.717) is 23.9 Å². The van der Waals surface area contributed by atoms with Crippen LogP contribution < -0.4 is 5.32 Å². The molecule has 4 heteroatoms. The monoisotopic (exact) mass is 366 g/mol. The first-order chi connectivity index (χ1) is 13.1. The van der Waals surface area contributed by atoms with Crippen molar-refractivity contribution in [1.82, 2.24) is 10.2 Å². The van der Waals surface area contributed by atoms with Crippen LogP contribution >= 0.6 is 0 Å². The summed E-state index contributed by atoms with van der Waals surface area (Å²) in [5.41, 5.74) is 1.32. The molecule has 3 fully saturated rings. The van der Waals surface area contributed by atoms with Crippen LogP contribution in [-0.4, -0.2) is 46.7 Å². The van der Waals surface area contributed by atoms with Crippen molar-refractivity contribution >= 4 is 6.29 Å². The first-order valence-corrected chi connectivity index (χ1v) is 10.6. The summed E-state index contributed by atoms with van der Waals surface area (Å²) in [6.07, 6.45) is 12.1. The summed E-state index contributed by atoms with van der Waals surface area (Å²) >= 11 is 0. The Kier molecular flexibility index (Phi) is 4.26. The molecule has 1 unspecified atom stereocenters. The SMILES string of the molecule is C[C@H](c1ccc(C=O)cc1)[C@@H]1[C@H]2C=C[C@H]3N1[C@]3(O)[C@H]2CNC1CCCCC1. The highest BCUT2D eigenvalue weighted by molar-refractivity contribution is 5.74. The van der Waals surface area contributed by atoms with E-state index < -0.39 is 5.72 Å². The summed E-state index contributed by atoms with van der Waals surface area (Å²) in [4.78, 5) is 13.3. The maximum Gasteiger partial charge on any atom is 0.150 e. The highest BCUT2D eigenvalue weighted by atomic mass is 16.3. The number of aliphatic hydroxyl groups is 1. The van der Waals surface area contributed by atoms with Crippen molar-refractivity contribution in [3.05, 3.63) is 47.5 Å². The molecule has 1 saturated carbocycles. The molecule has 2 N–H and O–H groups in total. The molecule has 5 aliphatic rings. The molecule has 4 nitrogen and oxygen atoms in total. The lowest BCUT2D eigenvalue weighted by atomic mass is 9.74. The van der Waals surface area contributed by atoms with Gasteiger partial charge in [-0.15, -0.1) is 0 Å². The summed E-state index contributed by atoms with van der Waals surface area (Å²) in [5.74, 6) is 0.991. The molecule has 0 radical (unpaired) electrons. The number of carbonyl (C=O) groups is 1. The van der Waals surface area contributed by atoms with Crippen LogP contribution in [0.4, 0.5) is 0 Å². The zero-order valence-electron chi connectivity index (χ0n) is 16.1. The largest absolute Gasteiger partial charge is 0.373 e. The van der Waals surface area contributed by atoms with E-state index in [2.05, 4.69) is 41.4 Å². The van der Waals surface area contributed by atoms with Crippen LogP contribution in [0, 0.1) is 11.8 Å². The molecule has 3 aliphatic heterocycles. The van der Waals surface area contributed by atoms with Gasteiger partial charge in [0, 0.05) is 36.0 Å². The molecule has 4 bridgehead atoms. The van der Waals surface area contributed by atoms with Crippen LogP contribution in [0.15, 0.2) is 36.4 Å². The number of carbonyl (C=O) groups excluding carboxylic acids is 1. The van der Waals surface area contributed by atoms with E-state index in [1.54, 1.807) is 0 Å². The van der Waals surface area contributed by atoms with Gasteiger partial charge in [-0.25, -0.2) is 0 Å². The lowest BCUT2D eigenvalue weighted by Gasteiger charge is -2.35. The number of nitrogens with one attached hydrogen (secondary N) is 1. The highest BCUT2D eigenvalue weighted by Gasteiger charge is 2.77. The van der Waals surface area contributed by atoms with Crippen LogP contribution in [0.25, 0.3) is 0 Å². The first-order valence-electron chi connectivity index (χ1n) is 10.6. The molecule has 1 aromatic carbocycles. The Labute approximate surface area is 161 Å². The van der Waals surface area contributed by atoms with Gasteiger partial charge in [0.2, 0.25) is 0 Å². The van der Waals surface area contributed by atoms with Crippen LogP contribution in [0.1, 0.15) is 60.9 Å². The second-order valence-electron chi connectivity index (χ2n) is 9.01. The van der Waals surface area contributed by atoms with Gasteiger partial charge in [0.15, 0.2) is 0 Å². The maximum absolute atomic E-state index is 11.4. The van der Waals surface area contributed by atoms with Gasteiger partial charge in [0.1, 0.15) is 12.0 Å². The Morgan fingerprint density at radius 2 is 1.96 bits per heavy atom. The smallest absolute Gasteiger partial charge is 0.150 e. The van der Waals surface area contributed by atoms with E-state index in [4.69, 9.17) is 0 Å². The fourth-order valence-electron chi connectivity index (χ4n) is 6.13. The minimum absolute atomic E-state index is 0.183. The average Bonchev–Trinajstić information content (AvgIpc) is 3.28. The predicted octanol–water partition coefficient (Wildman–Crippen LogP) is 3.08. The van der Waals surface area contributed by atoms with Crippen LogP contribution in [0.2, 0.25) is 0 Å². The number of nitrogens with zero attached hydrogens (tertiary/aromatic N) is 1. The Morgan fingerprint density at radius 1 is 1.22 bits per heavy atom. The lowest BCUT2D eigenvalue weighted by Crippen LogP contribution is -2.45. The van der Waals surface area contributed by atoms with E-state index in [0.717, 1.165) is 18.4 Å². The Morgan fingerprint density at radius 3 is 2.67 bits per heavy atom. The summed E-state index contributed by atoms with van der Waals surface area (Å²) < 4.78 is 0. The van der Waals surface area contributed by atoms with Crippen molar-refractivity contribution < 1.29 is 9.90 Å². The minimum Gasteiger partial charge on any atom is -0.373 e. The van der Waals surface area contributed by atoms with Gasteiger partial charge in [-0.2, -0.15) is 0 Å². The Hall–Kier alpha value is -1.49. The molecule has 1 aromatic rings. The molecular formula is C23H30N2O2. The average molecular weight is 367 g/mol. The number of rotatable bonds is 6. The molecule has 0 amide bonds. The van der Waals surface area contributed by atoms with Crippen molar-refractivity contribution in [1.29, 1.82) is 0 Å². The normalized spacial score (nSPS) is 40.7. The van der Waals surface area contributed by atoms with Crippen LogP contribution in [0.5, 0.6) is 0 Å².